The molecule has 0 aliphatic carbocycles. The summed E-state index contributed by atoms with van der Waals surface area (Å²) in [4.78, 5) is 24.9. The van der Waals surface area contributed by atoms with Crippen LogP contribution in [0.15, 0.2) is 42.3 Å². The van der Waals surface area contributed by atoms with Crippen LogP contribution in [-0.2, 0) is 9.53 Å². The van der Waals surface area contributed by atoms with Crippen molar-refractivity contribution in [1.82, 2.24) is 10.2 Å². The molecule has 1 N–H and O–H groups in total. The number of hydrogen-bond acceptors (Lipinski definition) is 3. The molecule has 1 aromatic rings. The summed E-state index contributed by atoms with van der Waals surface area (Å²) in [7, 11) is 0. The van der Waals surface area contributed by atoms with Crippen molar-refractivity contribution in [3.05, 3.63) is 47.9 Å². The van der Waals surface area contributed by atoms with E-state index in [4.69, 9.17) is 4.74 Å². The molecule has 2 amide bonds. The van der Waals surface area contributed by atoms with Crippen LogP contribution < -0.4 is 5.32 Å². The van der Waals surface area contributed by atoms with Crippen molar-refractivity contribution in [3.8, 4) is 0 Å². The lowest BCUT2D eigenvalue weighted by molar-refractivity contribution is -0.136. The third-order valence-corrected chi connectivity index (χ3v) is 3.26. The van der Waals surface area contributed by atoms with Gasteiger partial charge in [0.1, 0.15) is 6.26 Å². The van der Waals surface area contributed by atoms with Gasteiger partial charge in [0.25, 0.3) is 0 Å². The average Bonchev–Trinajstić information content (AvgIpc) is 2.89. The highest BCUT2D eigenvalue weighted by atomic mass is 16.5. The highest BCUT2D eigenvalue weighted by molar-refractivity contribution is 5.94. The van der Waals surface area contributed by atoms with E-state index < -0.39 is 12.0 Å². The molecule has 2 atom stereocenters. The van der Waals surface area contributed by atoms with Gasteiger partial charge < -0.3 is 10.1 Å². The number of esters is 1. The van der Waals surface area contributed by atoms with Crippen LogP contribution in [0, 0.1) is 0 Å². The van der Waals surface area contributed by atoms with E-state index in [0.29, 0.717) is 5.70 Å². The molecule has 3 rings (SSSR count). The minimum Gasteiger partial charge on any atom is -0.431 e. The summed E-state index contributed by atoms with van der Waals surface area (Å²) in [5.41, 5.74) is 1.59. The molecule has 0 spiro atoms. The van der Waals surface area contributed by atoms with Crippen molar-refractivity contribution in [3.63, 3.8) is 0 Å². The maximum atomic E-state index is 11.9. The Bertz CT molecular complexity index is 538. The lowest BCUT2D eigenvalue weighted by atomic mass is 10.1. The summed E-state index contributed by atoms with van der Waals surface area (Å²) in [6, 6.07) is 8.60. The molecule has 5 nitrogen and oxygen atoms in total. The summed E-state index contributed by atoms with van der Waals surface area (Å²) in [6.45, 7) is 1.92. The maximum absolute atomic E-state index is 11.9. The largest absolute Gasteiger partial charge is 0.431 e. The van der Waals surface area contributed by atoms with E-state index in [2.05, 4.69) is 5.32 Å². The van der Waals surface area contributed by atoms with Gasteiger partial charge in [0.2, 0.25) is 0 Å². The van der Waals surface area contributed by atoms with Crippen LogP contribution in [0.5, 0.6) is 0 Å². The second-order valence-corrected chi connectivity index (χ2v) is 4.32. The Morgan fingerprint density at radius 3 is 2.72 bits per heavy atom. The SMILES string of the molecule is C[C@H](c1ccccc1)N1C(=O)N[C@@H]2C(=O)OC=C21. The van der Waals surface area contributed by atoms with Crippen molar-refractivity contribution >= 4 is 12.0 Å². The number of nitrogens with zero attached hydrogens (tertiary/aromatic N) is 1. The highest BCUT2D eigenvalue weighted by Crippen LogP contribution is 2.32. The van der Waals surface area contributed by atoms with Crippen molar-refractivity contribution in [1.29, 1.82) is 0 Å². The number of urea groups is 1. The zero-order valence-electron chi connectivity index (χ0n) is 9.79. The fraction of sp³-hybridized carbons (Fsp3) is 0.231. The minimum atomic E-state index is -0.649. The molecule has 18 heavy (non-hydrogen) atoms. The molecule has 2 aliphatic heterocycles. The van der Waals surface area contributed by atoms with Gasteiger partial charge in [-0.3, -0.25) is 4.90 Å². The van der Waals surface area contributed by atoms with E-state index in [1.165, 1.54) is 6.26 Å². The van der Waals surface area contributed by atoms with Gasteiger partial charge in [0, 0.05) is 0 Å². The number of carbonyl (C=O) groups excluding carboxylic acids is 2. The first-order valence-electron chi connectivity index (χ1n) is 5.73. The molecule has 2 aliphatic rings. The summed E-state index contributed by atoms with van der Waals surface area (Å²) >= 11 is 0. The van der Waals surface area contributed by atoms with Crippen LogP contribution >= 0.6 is 0 Å². The predicted molar refractivity (Wildman–Crippen MR) is 63.2 cm³/mol. The first-order valence-corrected chi connectivity index (χ1v) is 5.73. The monoisotopic (exact) mass is 244 g/mol. The van der Waals surface area contributed by atoms with Gasteiger partial charge in [-0.25, -0.2) is 9.59 Å². The summed E-state index contributed by atoms with van der Waals surface area (Å²) in [5, 5.41) is 2.61. The van der Waals surface area contributed by atoms with Gasteiger partial charge in [-0.05, 0) is 12.5 Å². The Balaban J connectivity index is 1.93. The van der Waals surface area contributed by atoms with Gasteiger partial charge in [-0.2, -0.15) is 0 Å². The number of carbonyl (C=O) groups is 2. The average molecular weight is 244 g/mol. The van der Waals surface area contributed by atoms with Crippen LogP contribution in [0.4, 0.5) is 4.79 Å². The molecule has 2 heterocycles. The fourth-order valence-corrected chi connectivity index (χ4v) is 2.29. The highest BCUT2D eigenvalue weighted by Gasteiger charge is 2.45. The molecule has 1 saturated heterocycles. The number of fused-ring (bicyclic) bond motifs is 1. The second kappa shape index (κ2) is 3.87. The minimum absolute atomic E-state index is 0.142. The lowest BCUT2D eigenvalue weighted by Crippen LogP contribution is -2.33. The fourth-order valence-electron chi connectivity index (χ4n) is 2.29. The van der Waals surface area contributed by atoms with E-state index in [1.54, 1.807) is 4.90 Å². The smallest absolute Gasteiger partial charge is 0.339 e. The summed E-state index contributed by atoms with van der Waals surface area (Å²) in [6.07, 6.45) is 1.35. The zero-order chi connectivity index (χ0) is 12.7. The standard InChI is InChI=1S/C13H12N2O3/c1-8(9-5-3-2-4-6-9)15-10-7-18-12(16)11(10)14-13(15)17/h2-8,11H,1H3,(H,14,17)/t8-,11+/m1/s1. The number of cyclic esters (lactones) is 1. The third kappa shape index (κ3) is 1.48. The Morgan fingerprint density at radius 1 is 1.28 bits per heavy atom. The molecule has 92 valence electrons. The molecule has 5 heteroatoms. The molecular formula is C13H12N2O3. The van der Waals surface area contributed by atoms with Crippen LogP contribution in [-0.4, -0.2) is 22.9 Å². The van der Waals surface area contributed by atoms with Gasteiger partial charge in [-0.15, -0.1) is 0 Å². The Morgan fingerprint density at radius 2 is 2.00 bits per heavy atom. The number of amides is 2. The molecule has 1 aromatic carbocycles. The number of hydrogen-bond donors (Lipinski definition) is 1. The van der Waals surface area contributed by atoms with Crippen LogP contribution in [0.25, 0.3) is 0 Å². The third-order valence-electron chi connectivity index (χ3n) is 3.26. The topological polar surface area (TPSA) is 58.6 Å². The summed E-state index contributed by atoms with van der Waals surface area (Å²) in [5.74, 6) is -0.430. The molecule has 0 radical (unpaired) electrons. The molecule has 1 fully saturated rings. The van der Waals surface area contributed by atoms with E-state index in [-0.39, 0.29) is 12.1 Å². The van der Waals surface area contributed by atoms with Crippen LogP contribution in [0.3, 0.4) is 0 Å². The number of ether oxygens (including phenoxy) is 1. The van der Waals surface area contributed by atoms with Crippen LogP contribution in [0.1, 0.15) is 18.5 Å². The van der Waals surface area contributed by atoms with Crippen molar-refractivity contribution < 1.29 is 14.3 Å². The van der Waals surface area contributed by atoms with Crippen LogP contribution in [0.2, 0.25) is 0 Å². The molecular weight excluding hydrogens is 232 g/mol. The van der Waals surface area contributed by atoms with Gasteiger partial charge in [0.05, 0.1) is 11.7 Å². The van der Waals surface area contributed by atoms with E-state index in [9.17, 15) is 9.59 Å². The number of nitrogens with one attached hydrogen (secondary N) is 1. The molecule has 0 bridgehead atoms. The molecule has 0 saturated carbocycles. The Hall–Kier alpha value is -2.30. The van der Waals surface area contributed by atoms with Gasteiger partial charge in [-0.1, -0.05) is 30.3 Å². The first kappa shape index (κ1) is 10.8. The van der Waals surface area contributed by atoms with E-state index in [0.717, 1.165) is 5.56 Å². The van der Waals surface area contributed by atoms with Gasteiger partial charge >= 0.3 is 12.0 Å². The number of benzene rings is 1. The molecule has 0 aromatic heterocycles. The quantitative estimate of drug-likeness (QED) is 0.803. The lowest BCUT2D eigenvalue weighted by Gasteiger charge is -2.23. The maximum Gasteiger partial charge on any atom is 0.339 e. The molecule has 0 unspecified atom stereocenters. The Labute approximate surface area is 104 Å². The van der Waals surface area contributed by atoms with E-state index in [1.807, 2.05) is 37.3 Å². The van der Waals surface area contributed by atoms with Crippen molar-refractivity contribution in [2.45, 2.75) is 19.0 Å². The second-order valence-electron chi connectivity index (χ2n) is 4.32. The zero-order valence-corrected chi connectivity index (χ0v) is 9.79. The van der Waals surface area contributed by atoms with Gasteiger partial charge in [0.15, 0.2) is 6.04 Å². The van der Waals surface area contributed by atoms with Crippen molar-refractivity contribution in [2.75, 3.05) is 0 Å². The summed E-state index contributed by atoms with van der Waals surface area (Å²) < 4.78 is 4.83. The Kier molecular flexibility index (Phi) is 2.33. The normalized spacial score (nSPS) is 23.3. The van der Waals surface area contributed by atoms with Crippen molar-refractivity contribution in [2.24, 2.45) is 0 Å². The van der Waals surface area contributed by atoms with E-state index >= 15 is 0 Å². The predicted octanol–water partition coefficient (Wildman–Crippen LogP) is 1.54. The number of rotatable bonds is 2. The first-order chi connectivity index (χ1) is 8.68.